The van der Waals surface area contributed by atoms with Gasteiger partial charge >= 0.3 is 12.1 Å². The summed E-state index contributed by atoms with van der Waals surface area (Å²) in [5, 5.41) is 0.862. The second-order valence-corrected chi connectivity index (χ2v) is 9.35. The van der Waals surface area contributed by atoms with E-state index in [-0.39, 0.29) is 12.6 Å². The highest BCUT2D eigenvalue weighted by atomic mass is 16.6. The summed E-state index contributed by atoms with van der Waals surface area (Å²) < 4.78 is 22.2. The van der Waals surface area contributed by atoms with Gasteiger partial charge in [-0.3, -0.25) is 9.88 Å². The number of pyridine rings is 1. The molecule has 1 aromatic carbocycles. The van der Waals surface area contributed by atoms with Crippen LogP contribution in [0.15, 0.2) is 24.3 Å². The number of hydrogen-bond acceptors (Lipinski definition) is 7. The third-order valence-corrected chi connectivity index (χ3v) is 5.65. The predicted molar refractivity (Wildman–Crippen MR) is 118 cm³/mol. The first-order valence-electron chi connectivity index (χ1n) is 10.9. The Labute approximate surface area is 187 Å². The fourth-order valence-electron chi connectivity index (χ4n) is 3.95. The lowest BCUT2D eigenvalue weighted by molar-refractivity contribution is -0.145. The first-order valence-corrected chi connectivity index (χ1v) is 10.9. The van der Waals surface area contributed by atoms with Crippen molar-refractivity contribution in [3.8, 4) is 11.5 Å². The van der Waals surface area contributed by atoms with Crippen LogP contribution in [0.2, 0.25) is 0 Å². The molecule has 0 spiro atoms. The van der Waals surface area contributed by atoms with Gasteiger partial charge in [-0.2, -0.15) is 0 Å². The Hall–Kier alpha value is -3.03. The SMILES string of the molecule is COC(=O)[C@@H]1C[C@@H](Oc2cc(C3CC3)nc3cc(OC)ccc23)CN1C(=O)OC(C)(C)C. The summed E-state index contributed by atoms with van der Waals surface area (Å²) in [4.78, 5) is 31.3. The summed E-state index contributed by atoms with van der Waals surface area (Å²) in [6.07, 6.45) is 1.61. The van der Waals surface area contributed by atoms with Gasteiger partial charge in [0.1, 0.15) is 29.2 Å². The summed E-state index contributed by atoms with van der Waals surface area (Å²) in [5.74, 6) is 1.38. The molecule has 2 fully saturated rings. The van der Waals surface area contributed by atoms with Crippen LogP contribution >= 0.6 is 0 Å². The third kappa shape index (κ3) is 4.74. The van der Waals surface area contributed by atoms with E-state index in [9.17, 15) is 9.59 Å². The predicted octanol–water partition coefficient (Wildman–Crippen LogP) is 4.05. The van der Waals surface area contributed by atoms with E-state index in [1.165, 1.54) is 12.0 Å². The molecule has 1 aliphatic heterocycles. The van der Waals surface area contributed by atoms with Crippen LogP contribution in [0.1, 0.15) is 51.6 Å². The average molecular weight is 443 g/mol. The molecule has 0 unspecified atom stereocenters. The van der Waals surface area contributed by atoms with Crippen molar-refractivity contribution in [3.63, 3.8) is 0 Å². The fraction of sp³-hybridized carbons (Fsp3) is 0.542. The van der Waals surface area contributed by atoms with Crippen LogP contribution in [0.4, 0.5) is 4.79 Å². The lowest BCUT2D eigenvalue weighted by Gasteiger charge is -2.27. The Morgan fingerprint density at radius 2 is 1.88 bits per heavy atom. The Morgan fingerprint density at radius 3 is 2.50 bits per heavy atom. The minimum atomic E-state index is -0.754. The molecule has 2 aromatic rings. The topological polar surface area (TPSA) is 87.2 Å². The molecule has 2 heterocycles. The smallest absolute Gasteiger partial charge is 0.411 e. The standard InChI is InChI=1S/C24H30N2O6/c1-24(2,3)32-23(28)26-13-16(11-20(26)22(27)30-5)31-21-12-18(14-6-7-14)25-19-10-15(29-4)8-9-17(19)21/h8-10,12,14,16,20H,6-7,11,13H2,1-5H3/t16-,20+/m1/s1. The molecule has 8 nitrogen and oxygen atoms in total. The van der Waals surface area contributed by atoms with Crippen LogP contribution in [0.25, 0.3) is 10.9 Å². The third-order valence-electron chi connectivity index (χ3n) is 5.65. The molecular formula is C24H30N2O6. The molecule has 172 valence electrons. The number of aromatic nitrogens is 1. The maximum Gasteiger partial charge on any atom is 0.411 e. The molecule has 2 atom stereocenters. The van der Waals surface area contributed by atoms with Crippen molar-refractivity contribution in [2.24, 2.45) is 0 Å². The minimum absolute atomic E-state index is 0.230. The minimum Gasteiger partial charge on any atom is -0.497 e. The molecule has 1 amide bonds. The van der Waals surface area contributed by atoms with Crippen LogP contribution in [0.5, 0.6) is 11.5 Å². The Balaban J connectivity index is 1.61. The number of rotatable bonds is 5. The lowest BCUT2D eigenvalue weighted by Crippen LogP contribution is -2.44. The van der Waals surface area contributed by atoms with E-state index < -0.39 is 23.7 Å². The number of esters is 1. The molecule has 1 aromatic heterocycles. The number of hydrogen-bond donors (Lipinski definition) is 0. The molecule has 0 N–H and O–H groups in total. The van der Waals surface area contributed by atoms with Gasteiger partial charge in [-0.25, -0.2) is 9.59 Å². The largest absolute Gasteiger partial charge is 0.497 e. The number of fused-ring (bicyclic) bond motifs is 1. The molecule has 1 saturated heterocycles. The highest BCUT2D eigenvalue weighted by Crippen LogP contribution is 2.42. The van der Waals surface area contributed by atoms with Crippen molar-refractivity contribution in [3.05, 3.63) is 30.0 Å². The van der Waals surface area contributed by atoms with Crippen molar-refractivity contribution < 1.29 is 28.5 Å². The van der Waals surface area contributed by atoms with Crippen molar-refractivity contribution in [1.29, 1.82) is 0 Å². The number of carbonyl (C=O) groups excluding carboxylic acids is 2. The Bertz CT molecular complexity index is 1030. The van der Waals surface area contributed by atoms with E-state index in [4.69, 9.17) is 23.9 Å². The molecule has 2 aliphatic rings. The van der Waals surface area contributed by atoms with Crippen molar-refractivity contribution in [2.45, 2.75) is 63.7 Å². The second kappa shape index (κ2) is 8.48. The van der Waals surface area contributed by atoms with Crippen LogP contribution in [0, 0.1) is 0 Å². The molecule has 4 rings (SSSR count). The normalized spacial score (nSPS) is 20.8. The van der Waals surface area contributed by atoms with E-state index in [0.717, 1.165) is 35.2 Å². The quantitative estimate of drug-likeness (QED) is 0.646. The number of ether oxygens (including phenoxy) is 4. The van der Waals surface area contributed by atoms with Gasteiger partial charge in [-0.1, -0.05) is 0 Å². The highest BCUT2D eigenvalue weighted by Gasteiger charge is 2.43. The zero-order chi connectivity index (χ0) is 23.0. The number of amides is 1. The number of methoxy groups -OCH3 is 2. The molecule has 1 aliphatic carbocycles. The van der Waals surface area contributed by atoms with Gasteiger partial charge in [-0.15, -0.1) is 0 Å². The van der Waals surface area contributed by atoms with Gasteiger partial charge in [0, 0.05) is 35.6 Å². The molecule has 8 heteroatoms. The highest BCUT2D eigenvalue weighted by molar-refractivity contribution is 5.87. The Kier molecular flexibility index (Phi) is 5.88. The number of benzene rings is 1. The molecule has 1 saturated carbocycles. The van der Waals surface area contributed by atoms with E-state index in [2.05, 4.69) is 0 Å². The van der Waals surface area contributed by atoms with E-state index in [0.29, 0.717) is 18.1 Å². The average Bonchev–Trinajstić information content (AvgIpc) is 3.51. The van der Waals surface area contributed by atoms with Gasteiger partial charge in [0.05, 0.1) is 26.3 Å². The second-order valence-electron chi connectivity index (χ2n) is 9.35. The molecule has 32 heavy (non-hydrogen) atoms. The number of nitrogens with zero attached hydrogens (tertiary/aromatic N) is 2. The summed E-state index contributed by atoms with van der Waals surface area (Å²) >= 11 is 0. The van der Waals surface area contributed by atoms with E-state index >= 15 is 0 Å². The monoisotopic (exact) mass is 442 g/mol. The summed E-state index contributed by atoms with van der Waals surface area (Å²) in [5.41, 5.74) is 1.12. The van der Waals surface area contributed by atoms with Gasteiger partial charge in [0.2, 0.25) is 0 Å². The lowest BCUT2D eigenvalue weighted by atomic mass is 10.1. The maximum absolute atomic E-state index is 12.7. The number of carbonyl (C=O) groups is 2. The van der Waals surface area contributed by atoms with Gasteiger partial charge in [0.25, 0.3) is 0 Å². The van der Waals surface area contributed by atoms with Gasteiger partial charge in [-0.05, 0) is 45.7 Å². The number of likely N-dealkylation sites (tertiary alicyclic amines) is 1. The van der Waals surface area contributed by atoms with Crippen molar-refractivity contribution >= 4 is 23.0 Å². The summed E-state index contributed by atoms with van der Waals surface area (Å²) in [6.45, 7) is 5.60. The summed E-state index contributed by atoms with van der Waals surface area (Å²) in [6, 6.07) is 6.91. The van der Waals surface area contributed by atoms with Gasteiger partial charge in [0.15, 0.2) is 0 Å². The zero-order valence-electron chi connectivity index (χ0n) is 19.2. The summed E-state index contributed by atoms with van der Waals surface area (Å²) in [7, 11) is 2.94. The molecule has 0 radical (unpaired) electrons. The van der Waals surface area contributed by atoms with Gasteiger partial charge < -0.3 is 18.9 Å². The van der Waals surface area contributed by atoms with Crippen LogP contribution in [-0.4, -0.2) is 60.5 Å². The Morgan fingerprint density at radius 1 is 1.12 bits per heavy atom. The molecule has 0 bridgehead atoms. The molecular weight excluding hydrogens is 412 g/mol. The van der Waals surface area contributed by atoms with Crippen molar-refractivity contribution in [1.82, 2.24) is 9.88 Å². The maximum atomic E-state index is 12.7. The van der Waals surface area contributed by atoms with Crippen molar-refractivity contribution in [2.75, 3.05) is 20.8 Å². The van der Waals surface area contributed by atoms with Crippen LogP contribution in [-0.2, 0) is 14.3 Å². The van der Waals surface area contributed by atoms with E-state index in [1.807, 2.05) is 24.3 Å². The van der Waals surface area contributed by atoms with E-state index in [1.54, 1.807) is 27.9 Å². The first kappa shape index (κ1) is 22.2. The first-order chi connectivity index (χ1) is 15.2. The van der Waals surface area contributed by atoms with Crippen LogP contribution < -0.4 is 9.47 Å². The zero-order valence-corrected chi connectivity index (χ0v) is 19.2. The van der Waals surface area contributed by atoms with Crippen LogP contribution in [0.3, 0.4) is 0 Å². The fourth-order valence-corrected chi connectivity index (χ4v) is 3.95.